The van der Waals surface area contributed by atoms with Gasteiger partial charge in [-0.3, -0.25) is 10.1 Å². The highest BCUT2D eigenvalue weighted by Gasteiger charge is 2.29. The molecular weight excluding hydrogens is 365 g/mol. The van der Waals surface area contributed by atoms with Crippen LogP contribution in [0.5, 0.6) is 0 Å². The monoisotopic (exact) mass is 374 g/mol. The van der Waals surface area contributed by atoms with E-state index in [2.05, 4.69) is 21.2 Å². The average molecular weight is 375 g/mol. The first-order chi connectivity index (χ1) is 10.3. The maximum Gasteiger partial charge on any atom is 0.416 e. The molecule has 2 rings (SSSR count). The summed E-state index contributed by atoms with van der Waals surface area (Å²) in [6, 6.07) is 9.04. The maximum absolute atomic E-state index is 12.4. The van der Waals surface area contributed by atoms with Gasteiger partial charge in [-0.15, -0.1) is 0 Å². The number of nitro benzene ring substituents is 1. The topological polar surface area (TPSA) is 55.2 Å². The molecule has 0 atom stereocenters. The molecule has 0 unspecified atom stereocenters. The zero-order valence-corrected chi connectivity index (χ0v) is 12.6. The van der Waals surface area contributed by atoms with Crippen LogP contribution >= 0.6 is 15.9 Å². The van der Waals surface area contributed by atoms with Crippen LogP contribution in [0, 0.1) is 10.1 Å². The van der Waals surface area contributed by atoms with Gasteiger partial charge >= 0.3 is 6.18 Å². The SMILES string of the molecule is O=[N+]([O-])c1ccc(NCc2ccc(C(F)(F)F)cc2)c(Br)c1. The van der Waals surface area contributed by atoms with Crippen LogP contribution in [0.25, 0.3) is 0 Å². The number of hydrogen-bond donors (Lipinski definition) is 1. The summed E-state index contributed by atoms with van der Waals surface area (Å²) in [4.78, 5) is 10.1. The zero-order valence-electron chi connectivity index (χ0n) is 11.0. The minimum absolute atomic E-state index is 0.0491. The fourth-order valence-electron chi connectivity index (χ4n) is 1.77. The van der Waals surface area contributed by atoms with Crippen molar-refractivity contribution in [3.05, 3.63) is 68.2 Å². The molecule has 0 radical (unpaired) electrons. The van der Waals surface area contributed by atoms with Gasteiger partial charge in [0.1, 0.15) is 0 Å². The summed E-state index contributed by atoms with van der Waals surface area (Å²) >= 11 is 3.21. The fourth-order valence-corrected chi connectivity index (χ4v) is 2.28. The average Bonchev–Trinajstić information content (AvgIpc) is 2.45. The Hall–Kier alpha value is -2.09. The summed E-state index contributed by atoms with van der Waals surface area (Å²) < 4.78 is 37.9. The number of non-ortho nitro benzene ring substituents is 1. The molecule has 0 bridgehead atoms. The molecule has 0 spiro atoms. The molecular formula is C14H10BrF3N2O2. The van der Waals surface area contributed by atoms with E-state index < -0.39 is 16.7 Å². The van der Waals surface area contributed by atoms with E-state index in [9.17, 15) is 23.3 Å². The van der Waals surface area contributed by atoms with Gasteiger partial charge in [0, 0.05) is 28.8 Å². The van der Waals surface area contributed by atoms with Gasteiger partial charge in [-0.25, -0.2) is 0 Å². The molecule has 0 saturated heterocycles. The van der Waals surface area contributed by atoms with E-state index in [1.807, 2.05) is 0 Å². The molecule has 2 aromatic rings. The predicted octanol–water partition coefficient (Wildman–Crippen LogP) is 4.99. The number of halogens is 4. The minimum Gasteiger partial charge on any atom is -0.380 e. The maximum atomic E-state index is 12.4. The lowest BCUT2D eigenvalue weighted by Crippen LogP contribution is -2.05. The van der Waals surface area contributed by atoms with Crippen LogP contribution in [0.15, 0.2) is 46.9 Å². The van der Waals surface area contributed by atoms with Crippen molar-refractivity contribution in [2.75, 3.05) is 5.32 Å². The first-order valence-corrected chi connectivity index (χ1v) is 6.90. The summed E-state index contributed by atoms with van der Waals surface area (Å²) in [5.74, 6) is 0. The van der Waals surface area contributed by atoms with Gasteiger partial charge in [-0.05, 0) is 39.7 Å². The Morgan fingerprint density at radius 1 is 1.14 bits per heavy atom. The van der Waals surface area contributed by atoms with E-state index in [1.54, 1.807) is 0 Å². The summed E-state index contributed by atoms with van der Waals surface area (Å²) in [5, 5.41) is 13.6. The number of anilines is 1. The minimum atomic E-state index is -4.35. The van der Waals surface area contributed by atoms with Crippen molar-refractivity contribution in [3.8, 4) is 0 Å². The Kier molecular flexibility index (Phi) is 4.70. The van der Waals surface area contributed by atoms with Crippen molar-refractivity contribution < 1.29 is 18.1 Å². The first-order valence-electron chi connectivity index (χ1n) is 6.11. The molecule has 116 valence electrons. The number of benzene rings is 2. The van der Waals surface area contributed by atoms with Crippen molar-refractivity contribution >= 4 is 27.3 Å². The molecule has 1 N–H and O–H groups in total. The molecule has 0 heterocycles. The van der Waals surface area contributed by atoms with E-state index in [0.717, 1.165) is 12.1 Å². The van der Waals surface area contributed by atoms with Gasteiger partial charge < -0.3 is 5.32 Å². The van der Waals surface area contributed by atoms with Crippen molar-refractivity contribution in [2.45, 2.75) is 12.7 Å². The van der Waals surface area contributed by atoms with Gasteiger partial charge in [0.25, 0.3) is 5.69 Å². The van der Waals surface area contributed by atoms with E-state index >= 15 is 0 Å². The molecule has 0 aliphatic rings. The molecule has 0 aliphatic heterocycles. The number of hydrogen-bond acceptors (Lipinski definition) is 3. The molecule has 0 aromatic heterocycles. The highest BCUT2D eigenvalue weighted by atomic mass is 79.9. The highest BCUT2D eigenvalue weighted by Crippen LogP contribution is 2.30. The van der Waals surface area contributed by atoms with Crippen molar-refractivity contribution in [3.63, 3.8) is 0 Å². The molecule has 0 aliphatic carbocycles. The van der Waals surface area contributed by atoms with Gasteiger partial charge in [-0.2, -0.15) is 13.2 Å². The number of nitro groups is 1. The molecule has 0 amide bonds. The quantitative estimate of drug-likeness (QED) is 0.605. The Bertz CT molecular complexity index is 687. The molecule has 0 fully saturated rings. The third kappa shape index (κ3) is 3.97. The van der Waals surface area contributed by atoms with Crippen molar-refractivity contribution in [2.24, 2.45) is 0 Å². The van der Waals surface area contributed by atoms with E-state index in [-0.39, 0.29) is 5.69 Å². The second-order valence-electron chi connectivity index (χ2n) is 4.47. The summed E-state index contributed by atoms with van der Waals surface area (Å²) in [5.41, 5.74) is 0.531. The smallest absolute Gasteiger partial charge is 0.380 e. The second-order valence-corrected chi connectivity index (χ2v) is 5.32. The third-order valence-corrected chi connectivity index (χ3v) is 3.58. The standard InChI is InChI=1S/C14H10BrF3N2O2/c15-12-7-11(20(21)22)5-6-13(12)19-8-9-1-3-10(4-2-9)14(16,17)18/h1-7,19H,8H2. The number of nitrogens with zero attached hydrogens (tertiary/aromatic N) is 1. The van der Waals surface area contributed by atoms with E-state index in [4.69, 9.17) is 0 Å². The van der Waals surface area contributed by atoms with E-state index in [0.29, 0.717) is 22.3 Å². The Labute approximate surface area is 132 Å². The second kappa shape index (κ2) is 6.35. The van der Waals surface area contributed by atoms with Crippen molar-refractivity contribution in [1.82, 2.24) is 0 Å². The first kappa shape index (κ1) is 16.3. The molecule has 4 nitrogen and oxygen atoms in total. The van der Waals surface area contributed by atoms with Crippen LogP contribution in [0.2, 0.25) is 0 Å². The summed E-state index contributed by atoms with van der Waals surface area (Å²) in [7, 11) is 0. The van der Waals surface area contributed by atoms with Gasteiger partial charge in [0.05, 0.1) is 10.5 Å². The molecule has 8 heteroatoms. The lowest BCUT2D eigenvalue weighted by molar-refractivity contribution is -0.384. The van der Waals surface area contributed by atoms with Crippen LogP contribution in [-0.2, 0) is 12.7 Å². The zero-order chi connectivity index (χ0) is 16.3. The third-order valence-electron chi connectivity index (χ3n) is 2.93. The number of rotatable bonds is 4. The molecule has 0 saturated carbocycles. The highest BCUT2D eigenvalue weighted by molar-refractivity contribution is 9.10. The van der Waals surface area contributed by atoms with Crippen molar-refractivity contribution in [1.29, 1.82) is 0 Å². The predicted molar refractivity (Wildman–Crippen MR) is 79.6 cm³/mol. The van der Waals surface area contributed by atoms with Crippen LogP contribution < -0.4 is 5.32 Å². The van der Waals surface area contributed by atoms with Gasteiger partial charge in [0.15, 0.2) is 0 Å². The largest absolute Gasteiger partial charge is 0.416 e. The van der Waals surface area contributed by atoms with Crippen LogP contribution in [0.4, 0.5) is 24.5 Å². The molecule has 2 aromatic carbocycles. The number of alkyl halides is 3. The van der Waals surface area contributed by atoms with Crippen LogP contribution in [-0.4, -0.2) is 4.92 Å². The Morgan fingerprint density at radius 3 is 2.27 bits per heavy atom. The van der Waals surface area contributed by atoms with Crippen LogP contribution in [0.3, 0.4) is 0 Å². The molecule has 22 heavy (non-hydrogen) atoms. The number of nitrogens with one attached hydrogen (secondary N) is 1. The van der Waals surface area contributed by atoms with Gasteiger partial charge in [-0.1, -0.05) is 12.1 Å². The summed E-state index contributed by atoms with van der Waals surface area (Å²) in [6.07, 6.45) is -4.35. The lowest BCUT2D eigenvalue weighted by Gasteiger charge is -2.10. The Morgan fingerprint density at radius 2 is 1.77 bits per heavy atom. The van der Waals surface area contributed by atoms with Gasteiger partial charge in [0.2, 0.25) is 0 Å². The lowest BCUT2D eigenvalue weighted by atomic mass is 10.1. The van der Waals surface area contributed by atoms with Crippen LogP contribution in [0.1, 0.15) is 11.1 Å². The fraction of sp³-hybridized carbons (Fsp3) is 0.143. The summed E-state index contributed by atoms with van der Waals surface area (Å²) in [6.45, 7) is 0.300. The van der Waals surface area contributed by atoms with E-state index in [1.165, 1.54) is 30.3 Å². The Balaban J connectivity index is 2.05. The normalized spacial score (nSPS) is 11.3.